The summed E-state index contributed by atoms with van der Waals surface area (Å²) in [5.41, 5.74) is 4.48. The minimum atomic E-state index is -0.924. The zero-order valence-corrected chi connectivity index (χ0v) is 12.6. The molecule has 0 aliphatic heterocycles. The van der Waals surface area contributed by atoms with Crippen LogP contribution < -0.4 is 11.1 Å². The van der Waals surface area contributed by atoms with Gasteiger partial charge in [-0.25, -0.2) is 4.79 Å². The van der Waals surface area contributed by atoms with Crippen LogP contribution in [0.3, 0.4) is 0 Å². The van der Waals surface area contributed by atoms with E-state index in [9.17, 15) is 14.4 Å². The number of carbonyl (C=O) groups is 3. The van der Waals surface area contributed by atoms with E-state index in [2.05, 4.69) is 5.32 Å². The standard InChI is InChI=1S/C14H25N3O4/c1-2-3-8-17(10-11(15)18)13(21)16-14(9-12(19)20)6-4-5-7-14/h2-10H2,1H3,(H2,15,18)(H,16,21)(H,19,20). The molecular weight excluding hydrogens is 274 g/mol. The average molecular weight is 299 g/mol. The number of rotatable bonds is 8. The third-order valence-corrected chi connectivity index (χ3v) is 3.84. The first-order chi connectivity index (χ1) is 9.88. The van der Waals surface area contributed by atoms with Crippen molar-refractivity contribution in [3.05, 3.63) is 0 Å². The molecule has 0 radical (unpaired) electrons. The molecule has 0 unspecified atom stereocenters. The van der Waals surface area contributed by atoms with Gasteiger partial charge in [0, 0.05) is 6.54 Å². The molecule has 0 heterocycles. The molecule has 7 heteroatoms. The molecule has 3 amide bonds. The Morgan fingerprint density at radius 3 is 2.38 bits per heavy atom. The highest BCUT2D eigenvalue weighted by atomic mass is 16.4. The zero-order valence-electron chi connectivity index (χ0n) is 12.6. The van der Waals surface area contributed by atoms with Crippen LogP contribution in [0.15, 0.2) is 0 Å². The van der Waals surface area contributed by atoms with E-state index in [1.807, 2.05) is 6.92 Å². The molecule has 1 aliphatic rings. The van der Waals surface area contributed by atoms with Gasteiger partial charge in [-0.05, 0) is 19.3 Å². The van der Waals surface area contributed by atoms with Crippen LogP contribution in [0.25, 0.3) is 0 Å². The third-order valence-electron chi connectivity index (χ3n) is 3.84. The van der Waals surface area contributed by atoms with Crippen LogP contribution in [-0.4, -0.2) is 46.5 Å². The first kappa shape index (κ1) is 17.3. The molecular formula is C14H25N3O4. The lowest BCUT2D eigenvalue weighted by Gasteiger charge is -2.32. The second-order valence-corrected chi connectivity index (χ2v) is 5.73. The highest BCUT2D eigenvalue weighted by molar-refractivity contribution is 5.83. The summed E-state index contributed by atoms with van der Waals surface area (Å²) in [6.07, 6.45) is 4.69. The van der Waals surface area contributed by atoms with Crippen molar-refractivity contribution < 1.29 is 19.5 Å². The number of hydrogen-bond acceptors (Lipinski definition) is 3. The minimum Gasteiger partial charge on any atom is -0.481 e. The number of unbranched alkanes of at least 4 members (excludes halogenated alkanes) is 1. The van der Waals surface area contributed by atoms with Gasteiger partial charge in [-0.2, -0.15) is 0 Å². The van der Waals surface area contributed by atoms with Gasteiger partial charge in [-0.1, -0.05) is 26.2 Å². The summed E-state index contributed by atoms with van der Waals surface area (Å²) in [5.74, 6) is -1.49. The Kier molecular flexibility index (Phi) is 6.45. The van der Waals surface area contributed by atoms with Crippen molar-refractivity contribution in [2.24, 2.45) is 5.73 Å². The van der Waals surface area contributed by atoms with Crippen molar-refractivity contribution in [2.45, 2.75) is 57.4 Å². The number of carboxylic acids is 1. The lowest BCUT2D eigenvalue weighted by atomic mass is 9.93. The zero-order chi connectivity index (χ0) is 15.9. The van der Waals surface area contributed by atoms with Crippen LogP contribution in [0, 0.1) is 0 Å². The normalized spacial score (nSPS) is 16.4. The molecule has 0 atom stereocenters. The predicted octanol–water partition coefficient (Wildman–Crippen LogP) is 1.07. The van der Waals surface area contributed by atoms with Crippen LogP contribution in [0.5, 0.6) is 0 Å². The summed E-state index contributed by atoms with van der Waals surface area (Å²) < 4.78 is 0. The van der Waals surface area contributed by atoms with Crippen LogP contribution in [0.1, 0.15) is 51.9 Å². The molecule has 1 fully saturated rings. The van der Waals surface area contributed by atoms with Gasteiger partial charge in [0.15, 0.2) is 0 Å². The minimum absolute atomic E-state index is 0.0864. The second-order valence-electron chi connectivity index (χ2n) is 5.73. The summed E-state index contributed by atoms with van der Waals surface area (Å²) >= 11 is 0. The van der Waals surface area contributed by atoms with E-state index >= 15 is 0 Å². The van der Waals surface area contributed by atoms with Gasteiger partial charge in [0.2, 0.25) is 5.91 Å². The van der Waals surface area contributed by atoms with Crippen LogP contribution in [0.4, 0.5) is 4.79 Å². The number of aliphatic carboxylic acids is 1. The fourth-order valence-corrected chi connectivity index (χ4v) is 2.78. The Labute approximate surface area is 124 Å². The maximum atomic E-state index is 12.3. The number of nitrogens with two attached hydrogens (primary N) is 1. The summed E-state index contributed by atoms with van der Waals surface area (Å²) in [7, 11) is 0. The maximum absolute atomic E-state index is 12.3. The lowest BCUT2D eigenvalue weighted by molar-refractivity contribution is -0.138. The molecule has 7 nitrogen and oxygen atoms in total. The highest BCUT2D eigenvalue weighted by Gasteiger charge is 2.38. The maximum Gasteiger partial charge on any atom is 0.318 e. The monoisotopic (exact) mass is 299 g/mol. The first-order valence-corrected chi connectivity index (χ1v) is 7.46. The number of nitrogens with one attached hydrogen (secondary N) is 1. The number of hydrogen-bond donors (Lipinski definition) is 3. The number of nitrogens with zero attached hydrogens (tertiary/aromatic N) is 1. The topological polar surface area (TPSA) is 113 Å². The molecule has 21 heavy (non-hydrogen) atoms. The highest BCUT2D eigenvalue weighted by Crippen LogP contribution is 2.32. The van der Waals surface area contributed by atoms with Gasteiger partial charge in [-0.3, -0.25) is 9.59 Å². The largest absolute Gasteiger partial charge is 0.481 e. The Hall–Kier alpha value is -1.79. The van der Waals surface area contributed by atoms with Gasteiger partial charge in [0.25, 0.3) is 0 Å². The van der Waals surface area contributed by atoms with Crippen LogP contribution in [-0.2, 0) is 9.59 Å². The summed E-state index contributed by atoms with van der Waals surface area (Å²) in [6, 6.07) is -0.398. The van der Waals surface area contributed by atoms with E-state index in [1.54, 1.807) is 0 Å². The van der Waals surface area contributed by atoms with Crippen LogP contribution >= 0.6 is 0 Å². The molecule has 1 rings (SSSR count). The van der Waals surface area contributed by atoms with Crippen molar-refractivity contribution >= 4 is 17.9 Å². The molecule has 1 saturated carbocycles. The molecule has 1 aliphatic carbocycles. The summed E-state index contributed by atoms with van der Waals surface area (Å²) in [6.45, 7) is 2.28. The fraction of sp³-hybridized carbons (Fsp3) is 0.786. The predicted molar refractivity (Wildman–Crippen MR) is 77.7 cm³/mol. The first-order valence-electron chi connectivity index (χ1n) is 7.46. The molecule has 120 valence electrons. The van der Waals surface area contributed by atoms with Crippen LogP contribution in [0.2, 0.25) is 0 Å². The molecule has 0 aromatic carbocycles. The molecule has 0 bridgehead atoms. The average Bonchev–Trinajstić information content (AvgIpc) is 2.81. The third kappa shape index (κ3) is 5.61. The number of urea groups is 1. The number of carboxylic acid groups (broad SMARTS) is 1. The second kappa shape index (κ2) is 7.85. The molecule has 4 N–H and O–H groups in total. The fourth-order valence-electron chi connectivity index (χ4n) is 2.78. The SMILES string of the molecule is CCCCN(CC(N)=O)C(=O)NC1(CC(=O)O)CCCC1. The molecule has 0 spiro atoms. The molecule has 0 aromatic heterocycles. The Morgan fingerprint density at radius 1 is 1.29 bits per heavy atom. The van der Waals surface area contributed by atoms with Gasteiger partial charge >= 0.3 is 12.0 Å². The van der Waals surface area contributed by atoms with E-state index in [0.717, 1.165) is 25.7 Å². The van der Waals surface area contributed by atoms with Gasteiger partial charge in [0.1, 0.15) is 6.54 Å². The molecule has 0 saturated heterocycles. The number of amides is 3. The van der Waals surface area contributed by atoms with Gasteiger partial charge in [-0.15, -0.1) is 0 Å². The number of primary amides is 1. The smallest absolute Gasteiger partial charge is 0.318 e. The van der Waals surface area contributed by atoms with E-state index in [4.69, 9.17) is 10.8 Å². The Balaban J connectivity index is 2.72. The van der Waals surface area contributed by atoms with Gasteiger partial charge in [0.05, 0.1) is 12.0 Å². The van der Waals surface area contributed by atoms with Crippen molar-refractivity contribution in [3.8, 4) is 0 Å². The van der Waals surface area contributed by atoms with Crippen molar-refractivity contribution in [3.63, 3.8) is 0 Å². The quantitative estimate of drug-likeness (QED) is 0.622. The van der Waals surface area contributed by atoms with Crippen molar-refractivity contribution in [1.29, 1.82) is 0 Å². The van der Waals surface area contributed by atoms with E-state index in [0.29, 0.717) is 19.4 Å². The molecule has 0 aromatic rings. The van der Waals surface area contributed by atoms with E-state index in [-0.39, 0.29) is 13.0 Å². The van der Waals surface area contributed by atoms with Crippen molar-refractivity contribution in [1.82, 2.24) is 10.2 Å². The Bertz CT molecular complexity index is 392. The Morgan fingerprint density at radius 2 is 1.90 bits per heavy atom. The lowest BCUT2D eigenvalue weighted by Crippen LogP contribution is -2.54. The summed E-state index contributed by atoms with van der Waals surface area (Å²) in [4.78, 5) is 35.8. The van der Waals surface area contributed by atoms with Crippen molar-refractivity contribution in [2.75, 3.05) is 13.1 Å². The summed E-state index contributed by atoms with van der Waals surface area (Å²) in [5, 5.41) is 11.9. The van der Waals surface area contributed by atoms with E-state index < -0.39 is 23.4 Å². The van der Waals surface area contributed by atoms with E-state index in [1.165, 1.54) is 4.90 Å². The number of carbonyl (C=O) groups excluding carboxylic acids is 2. The van der Waals surface area contributed by atoms with Gasteiger partial charge < -0.3 is 21.1 Å².